The average molecular weight is 170 g/mol. The van der Waals surface area contributed by atoms with E-state index in [0.29, 0.717) is 18.5 Å². The van der Waals surface area contributed by atoms with Gasteiger partial charge in [0.25, 0.3) is 0 Å². The maximum atomic E-state index is 11.4. The van der Waals surface area contributed by atoms with Crippen LogP contribution >= 0.6 is 0 Å². The quantitative estimate of drug-likeness (QED) is 0.625. The second-order valence-corrected chi connectivity index (χ2v) is 3.56. The molecule has 0 spiro atoms. The molecular formula is C9H18N2O. The molecule has 0 aliphatic carbocycles. The lowest BCUT2D eigenvalue weighted by atomic mass is 10.1. The normalized spacial score (nSPS) is 30.4. The molecule has 0 aromatic heterocycles. The molecule has 3 heteroatoms. The van der Waals surface area contributed by atoms with Gasteiger partial charge >= 0.3 is 0 Å². The fraction of sp³-hybridized carbons (Fsp3) is 0.889. The first-order valence-electron chi connectivity index (χ1n) is 4.68. The summed E-state index contributed by atoms with van der Waals surface area (Å²) in [5.41, 5.74) is 0. The van der Waals surface area contributed by atoms with Crippen molar-refractivity contribution in [3.63, 3.8) is 0 Å². The summed E-state index contributed by atoms with van der Waals surface area (Å²) in [5, 5.41) is 3.35. The van der Waals surface area contributed by atoms with Gasteiger partial charge in [-0.15, -0.1) is 0 Å². The highest BCUT2D eigenvalue weighted by molar-refractivity contribution is 5.76. The Labute approximate surface area is 74.1 Å². The van der Waals surface area contributed by atoms with Crippen molar-refractivity contribution < 1.29 is 4.79 Å². The molecule has 0 bridgehead atoms. The van der Waals surface area contributed by atoms with Gasteiger partial charge in [-0.25, -0.2) is 0 Å². The third kappa shape index (κ3) is 1.97. The van der Waals surface area contributed by atoms with Gasteiger partial charge in [-0.2, -0.15) is 0 Å². The molecule has 0 aromatic rings. The van der Waals surface area contributed by atoms with Gasteiger partial charge in [-0.1, -0.05) is 6.92 Å². The molecule has 70 valence electrons. The summed E-state index contributed by atoms with van der Waals surface area (Å²) >= 11 is 0. The molecule has 0 radical (unpaired) electrons. The van der Waals surface area contributed by atoms with Crippen LogP contribution in [-0.4, -0.2) is 36.0 Å². The van der Waals surface area contributed by atoms with Crippen LogP contribution in [0.25, 0.3) is 0 Å². The zero-order valence-electron chi connectivity index (χ0n) is 8.13. The molecule has 0 aromatic carbocycles. The van der Waals surface area contributed by atoms with E-state index in [1.807, 2.05) is 11.8 Å². The van der Waals surface area contributed by atoms with Gasteiger partial charge in [0.05, 0.1) is 0 Å². The second kappa shape index (κ2) is 3.90. The van der Waals surface area contributed by atoms with Crippen molar-refractivity contribution in [3.05, 3.63) is 0 Å². The first kappa shape index (κ1) is 9.52. The lowest BCUT2D eigenvalue weighted by Gasteiger charge is -2.37. The molecular weight excluding hydrogens is 152 g/mol. The standard InChI is InChI=1S/C9H18N2O/c1-4-9(12)11-6-7(2)10-5-8(11)3/h7-8,10H,4-6H2,1-3H3/t7-,8-/m0/s1. The van der Waals surface area contributed by atoms with Gasteiger partial charge in [0.15, 0.2) is 0 Å². The van der Waals surface area contributed by atoms with E-state index >= 15 is 0 Å². The van der Waals surface area contributed by atoms with Gasteiger partial charge < -0.3 is 10.2 Å². The summed E-state index contributed by atoms with van der Waals surface area (Å²) in [4.78, 5) is 13.4. The number of hydrogen-bond acceptors (Lipinski definition) is 2. The van der Waals surface area contributed by atoms with E-state index in [1.165, 1.54) is 0 Å². The van der Waals surface area contributed by atoms with Crippen LogP contribution in [0.2, 0.25) is 0 Å². The highest BCUT2D eigenvalue weighted by Crippen LogP contribution is 2.07. The summed E-state index contributed by atoms with van der Waals surface area (Å²) in [7, 11) is 0. The Bertz CT molecular complexity index is 170. The highest BCUT2D eigenvalue weighted by atomic mass is 16.2. The van der Waals surface area contributed by atoms with Gasteiger partial charge in [-0.05, 0) is 13.8 Å². The number of rotatable bonds is 1. The lowest BCUT2D eigenvalue weighted by Crippen LogP contribution is -2.56. The predicted octanol–water partition coefficient (Wildman–Crippen LogP) is 0.605. The fourth-order valence-corrected chi connectivity index (χ4v) is 1.57. The first-order valence-corrected chi connectivity index (χ1v) is 4.68. The van der Waals surface area contributed by atoms with E-state index in [4.69, 9.17) is 0 Å². The molecule has 1 aliphatic rings. The van der Waals surface area contributed by atoms with E-state index in [1.54, 1.807) is 0 Å². The Hall–Kier alpha value is -0.570. The van der Waals surface area contributed by atoms with Crippen molar-refractivity contribution in [2.24, 2.45) is 0 Å². The Balaban J connectivity index is 2.54. The van der Waals surface area contributed by atoms with Crippen molar-refractivity contribution >= 4 is 5.91 Å². The number of nitrogens with one attached hydrogen (secondary N) is 1. The zero-order valence-corrected chi connectivity index (χ0v) is 8.13. The maximum absolute atomic E-state index is 11.4. The Morgan fingerprint density at radius 3 is 2.83 bits per heavy atom. The van der Waals surface area contributed by atoms with Crippen molar-refractivity contribution in [2.45, 2.75) is 39.3 Å². The van der Waals surface area contributed by atoms with Gasteiger partial charge in [0.1, 0.15) is 0 Å². The molecule has 1 N–H and O–H groups in total. The topological polar surface area (TPSA) is 32.3 Å². The smallest absolute Gasteiger partial charge is 0.222 e. The number of nitrogens with zero attached hydrogens (tertiary/aromatic N) is 1. The predicted molar refractivity (Wildman–Crippen MR) is 48.9 cm³/mol. The van der Waals surface area contributed by atoms with Crippen LogP contribution in [0.4, 0.5) is 0 Å². The molecule has 0 unspecified atom stereocenters. The summed E-state index contributed by atoms with van der Waals surface area (Å²) in [6.07, 6.45) is 0.622. The third-order valence-electron chi connectivity index (χ3n) is 2.39. The molecule has 1 rings (SSSR count). The highest BCUT2D eigenvalue weighted by Gasteiger charge is 2.24. The molecule has 1 amide bonds. The average Bonchev–Trinajstić information content (AvgIpc) is 2.08. The first-order chi connectivity index (χ1) is 5.65. The van der Waals surface area contributed by atoms with E-state index in [2.05, 4.69) is 19.2 Å². The van der Waals surface area contributed by atoms with Gasteiger partial charge in [0, 0.05) is 31.6 Å². The molecule has 1 aliphatic heterocycles. The Kier molecular flexibility index (Phi) is 3.09. The van der Waals surface area contributed by atoms with Crippen molar-refractivity contribution in [3.8, 4) is 0 Å². The SMILES string of the molecule is CCC(=O)N1C[C@H](C)NC[C@@H]1C. The molecule has 1 saturated heterocycles. The number of hydrogen-bond donors (Lipinski definition) is 1. The zero-order chi connectivity index (χ0) is 9.14. The molecule has 12 heavy (non-hydrogen) atoms. The van der Waals surface area contributed by atoms with Crippen LogP contribution in [0.5, 0.6) is 0 Å². The maximum Gasteiger partial charge on any atom is 0.222 e. The number of piperazine rings is 1. The third-order valence-corrected chi connectivity index (χ3v) is 2.39. The van der Waals surface area contributed by atoms with Crippen LogP contribution in [0, 0.1) is 0 Å². The van der Waals surface area contributed by atoms with Crippen LogP contribution in [0.15, 0.2) is 0 Å². The van der Waals surface area contributed by atoms with Crippen molar-refractivity contribution in [1.29, 1.82) is 0 Å². The monoisotopic (exact) mass is 170 g/mol. The van der Waals surface area contributed by atoms with E-state index < -0.39 is 0 Å². The summed E-state index contributed by atoms with van der Waals surface area (Å²) in [5.74, 6) is 0.274. The van der Waals surface area contributed by atoms with Crippen molar-refractivity contribution in [1.82, 2.24) is 10.2 Å². The minimum absolute atomic E-state index is 0.274. The number of carbonyl (C=O) groups is 1. The molecule has 1 fully saturated rings. The largest absolute Gasteiger partial charge is 0.337 e. The molecule has 0 saturated carbocycles. The van der Waals surface area contributed by atoms with Gasteiger partial charge in [-0.3, -0.25) is 4.79 Å². The molecule has 3 nitrogen and oxygen atoms in total. The number of carbonyl (C=O) groups excluding carboxylic acids is 1. The Morgan fingerprint density at radius 2 is 2.25 bits per heavy atom. The summed E-state index contributed by atoms with van der Waals surface area (Å²) < 4.78 is 0. The summed E-state index contributed by atoms with van der Waals surface area (Å²) in [6, 6.07) is 0.797. The van der Waals surface area contributed by atoms with Crippen LogP contribution in [0.1, 0.15) is 27.2 Å². The second-order valence-electron chi connectivity index (χ2n) is 3.56. The minimum atomic E-state index is 0.274. The van der Waals surface area contributed by atoms with Crippen LogP contribution in [-0.2, 0) is 4.79 Å². The molecule has 1 heterocycles. The van der Waals surface area contributed by atoms with Crippen LogP contribution in [0.3, 0.4) is 0 Å². The van der Waals surface area contributed by atoms with E-state index in [9.17, 15) is 4.79 Å². The minimum Gasteiger partial charge on any atom is -0.337 e. The van der Waals surface area contributed by atoms with E-state index in [0.717, 1.165) is 13.1 Å². The number of amides is 1. The van der Waals surface area contributed by atoms with Crippen molar-refractivity contribution in [2.75, 3.05) is 13.1 Å². The van der Waals surface area contributed by atoms with E-state index in [-0.39, 0.29) is 5.91 Å². The Morgan fingerprint density at radius 1 is 1.58 bits per heavy atom. The fourth-order valence-electron chi connectivity index (χ4n) is 1.57. The van der Waals surface area contributed by atoms with Crippen LogP contribution < -0.4 is 5.32 Å². The van der Waals surface area contributed by atoms with Gasteiger partial charge in [0.2, 0.25) is 5.91 Å². The lowest BCUT2D eigenvalue weighted by molar-refractivity contribution is -0.134. The molecule has 2 atom stereocenters. The summed E-state index contributed by atoms with van der Waals surface area (Å²) in [6.45, 7) is 7.90.